The molecule has 5 heterocycles. The van der Waals surface area contributed by atoms with Crippen molar-refractivity contribution in [1.82, 2.24) is 20.2 Å². The van der Waals surface area contributed by atoms with Crippen LogP contribution in [0.4, 0.5) is 19.0 Å². The zero-order valence-corrected chi connectivity index (χ0v) is 23.9. The van der Waals surface area contributed by atoms with E-state index in [9.17, 15) is 13.9 Å². The summed E-state index contributed by atoms with van der Waals surface area (Å²) in [6, 6.07) is 6.93. The van der Waals surface area contributed by atoms with Crippen molar-refractivity contribution >= 4 is 39.1 Å². The molecule has 43 heavy (non-hydrogen) atoms. The lowest BCUT2D eigenvalue weighted by molar-refractivity contribution is 0.107. The number of phenolic OH excluding ortho intramolecular Hbond substituents is 1. The van der Waals surface area contributed by atoms with Crippen LogP contribution in [0.2, 0.25) is 5.02 Å². The van der Waals surface area contributed by atoms with E-state index >= 15 is 4.39 Å². The number of nitrogens with one attached hydrogen (secondary N) is 1. The Labute approximate surface area is 250 Å². The minimum atomic E-state index is -1.05. The van der Waals surface area contributed by atoms with E-state index in [1.807, 2.05) is 0 Å². The third kappa shape index (κ3) is 4.27. The molecule has 4 aliphatic rings. The van der Waals surface area contributed by atoms with Crippen molar-refractivity contribution in [3.05, 3.63) is 47.0 Å². The fourth-order valence-corrected chi connectivity index (χ4v) is 7.72. The highest BCUT2D eigenvalue weighted by atomic mass is 35.5. The summed E-state index contributed by atoms with van der Waals surface area (Å²) in [7, 11) is 0. The fraction of sp³-hybridized carbons (Fsp3) is 0.419. The first-order chi connectivity index (χ1) is 20.8. The van der Waals surface area contributed by atoms with Gasteiger partial charge < -0.3 is 24.8 Å². The van der Waals surface area contributed by atoms with E-state index in [-0.39, 0.29) is 45.9 Å². The average molecular weight is 612 g/mol. The van der Waals surface area contributed by atoms with Gasteiger partial charge in [0.05, 0.1) is 27.5 Å². The molecule has 0 amide bonds. The van der Waals surface area contributed by atoms with Gasteiger partial charge in [0.1, 0.15) is 31.0 Å². The van der Waals surface area contributed by atoms with E-state index in [1.54, 1.807) is 6.07 Å². The van der Waals surface area contributed by atoms with Crippen LogP contribution in [0.15, 0.2) is 30.3 Å². The van der Waals surface area contributed by atoms with Crippen molar-refractivity contribution < 1.29 is 27.8 Å². The number of benzene rings is 3. The molecular weight excluding hydrogens is 583 g/mol. The molecule has 4 aromatic rings. The number of nitrogens with zero attached hydrogens (tertiary/aromatic N) is 4. The molecule has 3 atom stereocenters. The molecule has 8 nitrogen and oxygen atoms in total. The highest BCUT2D eigenvalue weighted by Crippen LogP contribution is 2.49. The normalized spacial score (nSPS) is 25.1. The summed E-state index contributed by atoms with van der Waals surface area (Å²) in [6.45, 7) is 3.89. The smallest absolute Gasteiger partial charge is 0.319 e. The van der Waals surface area contributed by atoms with Crippen molar-refractivity contribution in [2.24, 2.45) is 0 Å². The predicted octanol–water partition coefficient (Wildman–Crippen LogP) is 5.21. The molecule has 3 unspecified atom stereocenters. The number of hydrogen-bond donors (Lipinski definition) is 2. The number of piperazine rings is 1. The van der Waals surface area contributed by atoms with E-state index in [0.29, 0.717) is 66.1 Å². The van der Waals surface area contributed by atoms with E-state index in [2.05, 4.69) is 15.1 Å². The highest BCUT2D eigenvalue weighted by Gasteiger charge is 2.49. The summed E-state index contributed by atoms with van der Waals surface area (Å²) in [5.74, 6) is -1.25. The zero-order valence-electron chi connectivity index (χ0n) is 23.2. The Bertz CT molecular complexity index is 1790. The molecular formula is C31H29ClF3N5O3. The molecule has 3 aromatic carbocycles. The van der Waals surface area contributed by atoms with Crippen LogP contribution in [0.25, 0.3) is 32.8 Å². The summed E-state index contributed by atoms with van der Waals surface area (Å²) in [5, 5.41) is 15.0. The quantitative estimate of drug-likeness (QED) is 0.325. The first kappa shape index (κ1) is 27.0. The highest BCUT2D eigenvalue weighted by molar-refractivity contribution is 6.37. The lowest BCUT2D eigenvalue weighted by Gasteiger charge is -2.35. The maximum Gasteiger partial charge on any atom is 0.319 e. The number of aromatic hydroxyl groups is 1. The summed E-state index contributed by atoms with van der Waals surface area (Å²) in [4.78, 5) is 14.0. The first-order valence-electron chi connectivity index (χ1n) is 14.6. The molecule has 4 aliphatic heterocycles. The van der Waals surface area contributed by atoms with Crippen LogP contribution in [-0.4, -0.2) is 83.7 Å². The van der Waals surface area contributed by atoms with Crippen molar-refractivity contribution in [2.75, 3.05) is 50.8 Å². The van der Waals surface area contributed by atoms with Crippen LogP contribution in [0.1, 0.15) is 19.3 Å². The topological polar surface area (TPSA) is 83.0 Å². The van der Waals surface area contributed by atoms with E-state index in [0.717, 1.165) is 32.0 Å². The van der Waals surface area contributed by atoms with Gasteiger partial charge in [-0.25, -0.2) is 13.2 Å². The molecule has 0 saturated carbocycles. The van der Waals surface area contributed by atoms with Crippen LogP contribution < -0.4 is 19.7 Å². The second-order valence-electron chi connectivity index (χ2n) is 12.0. The molecule has 2 N–H and O–H groups in total. The minimum absolute atomic E-state index is 0.0188. The number of rotatable bonds is 4. The lowest BCUT2D eigenvalue weighted by Crippen LogP contribution is -2.53. The number of hydrogen-bond acceptors (Lipinski definition) is 8. The molecule has 3 fully saturated rings. The summed E-state index contributed by atoms with van der Waals surface area (Å²) in [5.41, 5.74) is 0.577. The van der Waals surface area contributed by atoms with Gasteiger partial charge in [0.2, 0.25) is 0 Å². The van der Waals surface area contributed by atoms with Crippen molar-refractivity contribution in [3.63, 3.8) is 0 Å². The molecule has 224 valence electrons. The Morgan fingerprint density at radius 3 is 2.91 bits per heavy atom. The van der Waals surface area contributed by atoms with Gasteiger partial charge in [-0.2, -0.15) is 9.97 Å². The van der Waals surface area contributed by atoms with Gasteiger partial charge in [-0.15, -0.1) is 0 Å². The van der Waals surface area contributed by atoms with Gasteiger partial charge in [0.15, 0.2) is 17.4 Å². The Balaban J connectivity index is 1.32. The molecule has 12 heteroatoms. The predicted molar refractivity (Wildman–Crippen MR) is 157 cm³/mol. The lowest BCUT2D eigenvalue weighted by atomic mass is 9.95. The number of aromatic nitrogens is 2. The van der Waals surface area contributed by atoms with Gasteiger partial charge in [-0.05, 0) is 54.6 Å². The standard InChI is InChI=1S/C31H29ClF3N5O3/c32-26-21(20-9-19(41)8-16-2-3-22(34)27(35)24(16)20)10-23-25-28(26)42-14-18-12-36-5-7-40(18)29(25)38-30(37-23)43-15-31-4-1-6-39(31)13-17(33)11-31/h2-3,8-10,17-18,36,41H,1,4-7,11-15H2. The SMILES string of the molecule is Oc1cc(-c2cc3nc(OCC45CCCN4CC(F)C5)nc4c3c(c2Cl)OCC2CNCCN42)c2c(F)c(F)ccc2c1. The summed E-state index contributed by atoms with van der Waals surface area (Å²) < 4.78 is 56.7. The van der Waals surface area contributed by atoms with Crippen molar-refractivity contribution in [1.29, 1.82) is 0 Å². The van der Waals surface area contributed by atoms with Gasteiger partial charge in [0, 0.05) is 43.5 Å². The Hall–Kier alpha value is -3.54. The number of alkyl halides is 1. The van der Waals surface area contributed by atoms with Crippen LogP contribution in [-0.2, 0) is 0 Å². The zero-order chi connectivity index (χ0) is 29.5. The molecule has 0 radical (unpaired) electrons. The largest absolute Gasteiger partial charge is 0.508 e. The number of phenols is 1. The van der Waals surface area contributed by atoms with Gasteiger partial charge in [0.25, 0.3) is 0 Å². The van der Waals surface area contributed by atoms with E-state index in [1.165, 1.54) is 18.2 Å². The Morgan fingerprint density at radius 2 is 2.02 bits per heavy atom. The molecule has 0 spiro atoms. The van der Waals surface area contributed by atoms with Gasteiger partial charge in [-0.1, -0.05) is 17.7 Å². The van der Waals surface area contributed by atoms with Crippen molar-refractivity contribution in [2.45, 2.75) is 37.0 Å². The Morgan fingerprint density at radius 1 is 1.14 bits per heavy atom. The fourth-order valence-electron chi connectivity index (χ4n) is 7.41. The van der Waals surface area contributed by atoms with Crippen LogP contribution in [0.3, 0.4) is 0 Å². The molecule has 3 saturated heterocycles. The van der Waals surface area contributed by atoms with Crippen LogP contribution >= 0.6 is 11.6 Å². The van der Waals surface area contributed by atoms with E-state index in [4.69, 9.17) is 31.0 Å². The Kier molecular flexibility index (Phi) is 6.29. The third-order valence-corrected chi connectivity index (χ3v) is 9.77. The number of anilines is 1. The molecule has 1 aromatic heterocycles. The van der Waals surface area contributed by atoms with Crippen LogP contribution in [0.5, 0.6) is 17.5 Å². The van der Waals surface area contributed by atoms with Crippen molar-refractivity contribution in [3.8, 4) is 28.6 Å². The average Bonchev–Trinajstić information content (AvgIpc) is 3.46. The molecule has 0 aliphatic carbocycles. The molecule has 8 rings (SSSR count). The maximum absolute atomic E-state index is 15.3. The summed E-state index contributed by atoms with van der Waals surface area (Å²) in [6.07, 6.45) is 1.36. The molecule has 0 bridgehead atoms. The summed E-state index contributed by atoms with van der Waals surface area (Å²) >= 11 is 7.02. The second kappa shape index (κ2) is 10.0. The second-order valence-corrected chi connectivity index (χ2v) is 12.3. The van der Waals surface area contributed by atoms with Crippen LogP contribution in [0, 0.1) is 11.6 Å². The monoisotopic (exact) mass is 611 g/mol. The first-order valence-corrected chi connectivity index (χ1v) is 15.0. The van der Waals surface area contributed by atoms with Gasteiger partial charge >= 0.3 is 6.01 Å². The third-order valence-electron chi connectivity index (χ3n) is 9.40. The van der Waals surface area contributed by atoms with E-state index < -0.39 is 17.8 Å². The van der Waals surface area contributed by atoms with Gasteiger partial charge in [-0.3, -0.25) is 4.90 Å². The number of halogens is 4. The minimum Gasteiger partial charge on any atom is -0.508 e. The number of ether oxygens (including phenoxy) is 2. The number of fused-ring (bicyclic) bond motifs is 4. The maximum atomic E-state index is 15.3.